The monoisotopic (exact) mass is 659 g/mol. The normalized spacial score (nSPS) is 19.5. The highest BCUT2D eigenvalue weighted by Gasteiger charge is 2.48. The zero-order valence-corrected chi connectivity index (χ0v) is 27.2. The first kappa shape index (κ1) is 32.0. The van der Waals surface area contributed by atoms with Crippen LogP contribution < -0.4 is 0 Å². The minimum absolute atomic E-state index is 0.206. The number of ether oxygens (including phenoxy) is 4. The summed E-state index contributed by atoms with van der Waals surface area (Å²) in [7, 11) is -3.90. The highest BCUT2D eigenvalue weighted by molar-refractivity contribution is 7.90. The van der Waals surface area contributed by atoms with E-state index >= 15 is 0 Å². The lowest BCUT2D eigenvalue weighted by Crippen LogP contribution is -2.37. The van der Waals surface area contributed by atoms with Gasteiger partial charge in [0.15, 0.2) is 0 Å². The van der Waals surface area contributed by atoms with E-state index in [0.717, 1.165) is 22.1 Å². The van der Waals surface area contributed by atoms with Crippen molar-refractivity contribution in [2.24, 2.45) is 0 Å². The summed E-state index contributed by atoms with van der Waals surface area (Å²) in [5, 5.41) is 0.767. The van der Waals surface area contributed by atoms with Crippen molar-refractivity contribution in [1.82, 2.24) is 3.97 Å². The third-order valence-electron chi connectivity index (χ3n) is 8.59. The van der Waals surface area contributed by atoms with Crippen LogP contribution in [0.25, 0.3) is 10.9 Å². The third kappa shape index (κ3) is 6.99. The van der Waals surface area contributed by atoms with Gasteiger partial charge in [-0.1, -0.05) is 127 Å². The highest BCUT2D eigenvalue weighted by atomic mass is 32.2. The van der Waals surface area contributed by atoms with Gasteiger partial charge in [0.25, 0.3) is 10.0 Å². The number of para-hydroxylation sites is 1. The Morgan fingerprint density at radius 2 is 1.08 bits per heavy atom. The van der Waals surface area contributed by atoms with Crippen molar-refractivity contribution < 1.29 is 27.4 Å². The van der Waals surface area contributed by atoms with Crippen LogP contribution in [-0.2, 0) is 48.8 Å². The maximum absolute atomic E-state index is 14.0. The van der Waals surface area contributed by atoms with Crippen LogP contribution in [0.4, 0.5) is 0 Å². The molecule has 8 heteroatoms. The SMILES string of the molecule is O=S(=O)(c1ccccc1)n1cc(C2O[C@H](COCc3ccccc3)[C@@H](OCc3ccccc3)[C@H]2OCc2ccccc2)c2ccccc21. The topological polar surface area (TPSA) is 76.0 Å². The number of aromatic nitrogens is 1. The molecule has 0 bridgehead atoms. The quantitative estimate of drug-likeness (QED) is 0.127. The van der Waals surface area contributed by atoms with Gasteiger partial charge < -0.3 is 18.9 Å². The van der Waals surface area contributed by atoms with Crippen molar-refractivity contribution in [1.29, 1.82) is 0 Å². The van der Waals surface area contributed by atoms with Crippen molar-refractivity contribution >= 4 is 20.9 Å². The molecule has 0 radical (unpaired) electrons. The minimum Gasteiger partial charge on any atom is -0.374 e. The van der Waals surface area contributed by atoms with Crippen molar-refractivity contribution in [3.8, 4) is 0 Å². The van der Waals surface area contributed by atoms with E-state index in [2.05, 4.69) is 0 Å². The first-order valence-electron chi connectivity index (χ1n) is 16.1. The van der Waals surface area contributed by atoms with Crippen LogP contribution in [0.15, 0.2) is 157 Å². The average Bonchev–Trinajstić information content (AvgIpc) is 3.70. The van der Waals surface area contributed by atoms with Gasteiger partial charge in [-0.15, -0.1) is 0 Å². The van der Waals surface area contributed by atoms with E-state index < -0.39 is 34.4 Å². The Hall–Kier alpha value is -4.57. The fourth-order valence-corrected chi connectivity index (χ4v) is 7.60. The molecule has 6 aromatic rings. The number of benzene rings is 5. The van der Waals surface area contributed by atoms with Crippen LogP contribution in [0.3, 0.4) is 0 Å². The number of hydrogen-bond acceptors (Lipinski definition) is 6. The van der Waals surface area contributed by atoms with Crippen molar-refractivity contribution in [3.63, 3.8) is 0 Å². The molecule has 1 aliphatic rings. The average molecular weight is 660 g/mol. The lowest BCUT2D eigenvalue weighted by atomic mass is 10.00. The Labute approximate surface area is 281 Å². The standard InChI is InChI=1S/C40H37NO6S/c42-48(43,33-21-11-4-12-22-33)41-25-35(34-23-13-14-24-36(34)41)38-40(46-28-32-19-9-3-10-20-32)39(45-27-31-17-7-2-8-18-31)37(47-38)29-44-26-30-15-5-1-6-16-30/h1-25,37-40H,26-29H2/t37-,38?,39-,40+/m1/s1. The van der Waals surface area contributed by atoms with Crippen LogP contribution in [0.2, 0.25) is 0 Å². The number of nitrogens with zero attached hydrogens (tertiary/aromatic N) is 1. The third-order valence-corrected chi connectivity index (χ3v) is 10.3. The van der Waals surface area contributed by atoms with Crippen LogP contribution in [0, 0.1) is 0 Å². The summed E-state index contributed by atoms with van der Waals surface area (Å²) in [6, 6.07) is 45.9. The molecule has 0 N–H and O–H groups in total. The Kier molecular flexibility index (Phi) is 9.79. The fraction of sp³-hybridized carbons (Fsp3) is 0.200. The summed E-state index contributed by atoms with van der Waals surface area (Å²) in [5.41, 5.74) is 4.36. The van der Waals surface area contributed by atoms with Crippen LogP contribution in [0.5, 0.6) is 0 Å². The molecule has 4 atom stereocenters. The summed E-state index contributed by atoms with van der Waals surface area (Å²) < 4.78 is 55.8. The zero-order valence-electron chi connectivity index (χ0n) is 26.4. The van der Waals surface area contributed by atoms with E-state index in [-0.39, 0.29) is 11.5 Å². The van der Waals surface area contributed by atoms with Gasteiger partial charge in [-0.3, -0.25) is 0 Å². The second kappa shape index (κ2) is 14.7. The van der Waals surface area contributed by atoms with E-state index in [4.69, 9.17) is 18.9 Å². The lowest BCUT2D eigenvalue weighted by molar-refractivity contribution is -0.0898. The number of rotatable bonds is 13. The number of fused-ring (bicyclic) bond motifs is 1. The number of hydrogen-bond donors (Lipinski definition) is 0. The van der Waals surface area contributed by atoms with Gasteiger partial charge in [0.2, 0.25) is 0 Å². The van der Waals surface area contributed by atoms with Gasteiger partial charge in [-0.2, -0.15) is 0 Å². The Morgan fingerprint density at radius 3 is 1.69 bits per heavy atom. The van der Waals surface area contributed by atoms with Crippen LogP contribution >= 0.6 is 0 Å². The Balaban J connectivity index is 1.27. The zero-order chi connectivity index (χ0) is 32.8. The molecule has 0 spiro atoms. The molecule has 2 heterocycles. The van der Waals surface area contributed by atoms with Crippen LogP contribution in [-0.4, -0.2) is 37.3 Å². The van der Waals surface area contributed by atoms with E-state index in [1.54, 1.807) is 36.5 Å². The second-order valence-corrected chi connectivity index (χ2v) is 13.6. The fourth-order valence-electron chi connectivity index (χ4n) is 6.20. The maximum atomic E-state index is 14.0. The van der Waals surface area contributed by atoms with Crippen molar-refractivity contribution in [3.05, 3.63) is 174 Å². The van der Waals surface area contributed by atoms with E-state index in [1.165, 1.54) is 3.97 Å². The predicted octanol–water partition coefficient (Wildman–Crippen LogP) is 7.71. The smallest absolute Gasteiger partial charge is 0.268 e. The van der Waals surface area contributed by atoms with Gasteiger partial charge in [0.1, 0.15) is 24.4 Å². The Bertz CT molecular complexity index is 2020. The molecule has 0 amide bonds. The van der Waals surface area contributed by atoms with Gasteiger partial charge in [-0.05, 0) is 34.9 Å². The largest absolute Gasteiger partial charge is 0.374 e. The molecule has 1 fully saturated rings. The molecule has 5 aromatic carbocycles. The van der Waals surface area contributed by atoms with Gasteiger partial charge in [-0.25, -0.2) is 12.4 Å². The molecule has 1 aliphatic heterocycles. The molecule has 0 saturated carbocycles. The maximum Gasteiger partial charge on any atom is 0.268 e. The molecule has 7 rings (SSSR count). The van der Waals surface area contributed by atoms with Crippen molar-refractivity contribution in [2.45, 2.75) is 49.1 Å². The summed E-state index contributed by atoms with van der Waals surface area (Å²) in [6.07, 6.45) is -0.536. The van der Waals surface area contributed by atoms with E-state index in [9.17, 15) is 8.42 Å². The second-order valence-electron chi connectivity index (χ2n) is 11.8. The van der Waals surface area contributed by atoms with Crippen molar-refractivity contribution in [2.75, 3.05) is 6.61 Å². The van der Waals surface area contributed by atoms with Crippen LogP contribution in [0.1, 0.15) is 28.4 Å². The predicted molar refractivity (Wildman–Crippen MR) is 185 cm³/mol. The molecule has 1 saturated heterocycles. The highest BCUT2D eigenvalue weighted by Crippen LogP contribution is 2.42. The first-order valence-corrected chi connectivity index (χ1v) is 17.5. The Morgan fingerprint density at radius 1 is 0.583 bits per heavy atom. The molecule has 0 aliphatic carbocycles. The van der Waals surface area contributed by atoms with Gasteiger partial charge in [0.05, 0.1) is 36.8 Å². The molecular weight excluding hydrogens is 623 g/mol. The molecule has 48 heavy (non-hydrogen) atoms. The molecule has 244 valence electrons. The summed E-state index contributed by atoms with van der Waals surface area (Å²) in [4.78, 5) is 0.206. The summed E-state index contributed by atoms with van der Waals surface area (Å²) >= 11 is 0. The van der Waals surface area contributed by atoms with E-state index in [1.807, 2.05) is 115 Å². The van der Waals surface area contributed by atoms with E-state index in [0.29, 0.717) is 30.9 Å². The molecule has 1 unspecified atom stereocenters. The van der Waals surface area contributed by atoms with Gasteiger partial charge >= 0.3 is 0 Å². The molecule has 1 aromatic heterocycles. The molecular formula is C40H37NO6S. The summed E-state index contributed by atoms with van der Waals surface area (Å²) in [5.74, 6) is 0. The summed E-state index contributed by atoms with van der Waals surface area (Å²) in [6.45, 7) is 1.36. The first-order chi connectivity index (χ1) is 23.6. The molecule has 7 nitrogen and oxygen atoms in total. The minimum atomic E-state index is -3.90. The van der Waals surface area contributed by atoms with Gasteiger partial charge in [0, 0.05) is 17.1 Å². The lowest BCUT2D eigenvalue weighted by Gasteiger charge is -2.25.